The second-order valence-electron chi connectivity index (χ2n) is 4.84. The normalized spacial score (nSPS) is 11.9. The van der Waals surface area contributed by atoms with Gasteiger partial charge in [0, 0.05) is 12.3 Å². The zero-order chi connectivity index (χ0) is 18.4. The van der Waals surface area contributed by atoms with E-state index in [4.69, 9.17) is 14.6 Å². The van der Waals surface area contributed by atoms with Gasteiger partial charge in [0.25, 0.3) is 0 Å². The van der Waals surface area contributed by atoms with Crippen LogP contribution >= 0.6 is 0 Å². The fourth-order valence-corrected chi connectivity index (χ4v) is 1.79. The van der Waals surface area contributed by atoms with E-state index < -0.39 is 17.7 Å². The molecule has 5 nitrogen and oxygen atoms in total. The Morgan fingerprint density at radius 3 is 2.28 bits per heavy atom. The molecule has 25 heavy (non-hydrogen) atoms. The van der Waals surface area contributed by atoms with Gasteiger partial charge in [0.1, 0.15) is 11.5 Å². The predicted octanol–water partition coefficient (Wildman–Crippen LogP) is 4.65. The van der Waals surface area contributed by atoms with Crippen LogP contribution in [0.5, 0.6) is 17.4 Å². The number of aliphatic carboxylic acids is 1. The molecule has 0 saturated carbocycles. The summed E-state index contributed by atoms with van der Waals surface area (Å²) in [5.41, 5.74) is -0.868. The minimum absolute atomic E-state index is 0.00114. The monoisotopic (exact) mass is 353 g/mol. The molecular formula is C17H14F3NO4. The number of ether oxygens (including phenoxy) is 2. The molecule has 132 valence electrons. The molecule has 0 aliphatic rings. The zero-order valence-electron chi connectivity index (χ0n) is 13.1. The lowest BCUT2D eigenvalue weighted by Gasteiger charge is -2.09. The third-order valence-electron chi connectivity index (χ3n) is 2.94. The molecule has 0 saturated heterocycles. The van der Waals surface area contributed by atoms with Crippen LogP contribution in [-0.4, -0.2) is 16.1 Å². The summed E-state index contributed by atoms with van der Waals surface area (Å²) in [4.78, 5) is 14.6. The lowest BCUT2D eigenvalue weighted by atomic mass is 10.3. The van der Waals surface area contributed by atoms with E-state index in [0.717, 1.165) is 12.1 Å². The summed E-state index contributed by atoms with van der Waals surface area (Å²) >= 11 is 0. The van der Waals surface area contributed by atoms with Crippen LogP contribution in [0.15, 0.2) is 54.4 Å². The summed E-state index contributed by atoms with van der Waals surface area (Å²) in [6.45, 7) is 1.78. The lowest BCUT2D eigenvalue weighted by molar-refractivity contribution is -0.138. The van der Waals surface area contributed by atoms with Crippen LogP contribution in [0.2, 0.25) is 0 Å². The largest absolute Gasteiger partial charge is 0.475 e. The number of carboxylic acid groups (broad SMARTS) is 1. The van der Waals surface area contributed by atoms with E-state index in [2.05, 4.69) is 4.98 Å². The first-order valence-corrected chi connectivity index (χ1v) is 7.22. The van der Waals surface area contributed by atoms with Gasteiger partial charge in [0.15, 0.2) is 0 Å². The molecule has 0 fully saturated rings. The molecule has 0 aliphatic heterocycles. The van der Waals surface area contributed by atoms with Crippen LogP contribution in [0.3, 0.4) is 0 Å². The number of alkyl halides is 3. The second kappa shape index (κ2) is 7.69. The van der Waals surface area contributed by atoms with Crippen LogP contribution in [0, 0.1) is 0 Å². The van der Waals surface area contributed by atoms with Gasteiger partial charge in [-0.2, -0.15) is 13.2 Å². The highest BCUT2D eigenvalue weighted by molar-refractivity contribution is 5.84. The van der Waals surface area contributed by atoms with Crippen molar-refractivity contribution in [2.75, 3.05) is 0 Å². The van der Waals surface area contributed by atoms with E-state index in [0.29, 0.717) is 18.4 Å². The molecule has 1 aromatic heterocycles. The molecule has 1 heterocycles. The maximum atomic E-state index is 12.5. The van der Waals surface area contributed by atoms with Crippen molar-refractivity contribution in [2.24, 2.45) is 0 Å². The van der Waals surface area contributed by atoms with E-state index in [1.54, 1.807) is 6.92 Å². The van der Waals surface area contributed by atoms with Crippen LogP contribution in [0.4, 0.5) is 13.2 Å². The van der Waals surface area contributed by atoms with Crippen LogP contribution in [-0.2, 0) is 11.0 Å². The minimum atomic E-state index is -4.46. The summed E-state index contributed by atoms with van der Waals surface area (Å²) in [6.07, 6.45) is -1.85. The molecule has 0 spiro atoms. The van der Waals surface area contributed by atoms with Gasteiger partial charge in [-0.25, -0.2) is 9.78 Å². The Hall–Kier alpha value is -3.03. The number of halogens is 3. The topological polar surface area (TPSA) is 68.7 Å². The van der Waals surface area contributed by atoms with Gasteiger partial charge in [-0.1, -0.05) is 6.92 Å². The van der Waals surface area contributed by atoms with Crippen molar-refractivity contribution in [3.8, 4) is 17.4 Å². The maximum absolute atomic E-state index is 12.5. The number of pyridine rings is 1. The van der Waals surface area contributed by atoms with E-state index in [1.807, 2.05) is 0 Å². The molecule has 1 N–H and O–H groups in total. The van der Waals surface area contributed by atoms with Crippen molar-refractivity contribution in [2.45, 2.75) is 19.5 Å². The molecule has 0 bridgehead atoms. The number of hydrogen-bond acceptors (Lipinski definition) is 4. The Balaban J connectivity index is 2.05. The molecule has 2 rings (SSSR count). The van der Waals surface area contributed by atoms with E-state index in [9.17, 15) is 18.0 Å². The third-order valence-corrected chi connectivity index (χ3v) is 2.94. The van der Waals surface area contributed by atoms with Gasteiger partial charge in [0.2, 0.25) is 11.6 Å². The highest BCUT2D eigenvalue weighted by Crippen LogP contribution is 2.30. The fraction of sp³-hybridized carbons (Fsp3) is 0.176. The summed E-state index contributed by atoms with van der Waals surface area (Å²) in [7, 11) is 0. The van der Waals surface area contributed by atoms with Crippen molar-refractivity contribution in [1.82, 2.24) is 4.98 Å². The standard InChI is InChI=1S/C17H14F3NO4/c1-2-3-14(16(22)23)24-12-5-7-13(8-6-12)25-15-9-4-11(10-21-15)17(18,19)20/h3-10H,2H2,1H3,(H,22,23). The highest BCUT2D eigenvalue weighted by Gasteiger charge is 2.30. The van der Waals surface area contributed by atoms with Crippen molar-refractivity contribution in [3.63, 3.8) is 0 Å². The van der Waals surface area contributed by atoms with Gasteiger partial charge in [-0.05, 0) is 42.8 Å². The molecule has 1 aromatic carbocycles. The smallest absolute Gasteiger partial charge is 0.417 e. The Morgan fingerprint density at radius 2 is 1.80 bits per heavy atom. The number of benzene rings is 1. The van der Waals surface area contributed by atoms with Gasteiger partial charge in [0.05, 0.1) is 5.56 Å². The number of allylic oxidation sites excluding steroid dienone is 1. The van der Waals surface area contributed by atoms with Crippen molar-refractivity contribution in [3.05, 3.63) is 60.0 Å². The number of nitrogens with zero attached hydrogens (tertiary/aromatic N) is 1. The summed E-state index contributed by atoms with van der Waals surface area (Å²) in [5.74, 6) is -0.777. The Morgan fingerprint density at radius 1 is 1.16 bits per heavy atom. The molecular weight excluding hydrogens is 339 g/mol. The molecule has 0 atom stereocenters. The van der Waals surface area contributed by atoms with Gasteiger partial charge >= 0.3 is 12.1 Å². The zero-order valence-corrected chi connectivity index (χ0v) is 13.1. The molecule has 0 unspecified atom stereocenters. The summed E-state index contributed by atoms with van der Waals surface area (Å²) < 4.78 is 48.0. The first-order chi connectivity index (χ1) is 11.8. The maximum Gasteiger partial charge on any atom is 0.417 e. The first-order valence-electron chi connectivity index (χ1n) is 7.22. The van der Waals surface area contributed by atoms with Gasteiger partial charge < -0.3 is 14.6 Å². The molecule has 2 aromatic rings. The Kier molecular flexibility index (Phi) is 5.63. The van der Waals surface area contributed by atoms with Gasteiger partial charge in [-0.15, -0.1) is 0 Å². The number of rotatable bonds is 6. The predicted molar refractivity (Wildman–Crippen MR) is 82.4 cm³/mol. The quantitative estimate of drug-likeness (QED) is 0.605. The lowest BCUT2D eigenvalue weighted by Crippen LogP contribution is -2.07. The van der Waals surface area contributed by atoms with Crippen LogP contribution in [0.1, 0.15) is 18.9 Å². The second-order valence-corrected chi connectivity index (χ2v) is 4.84. The van der Waals surface area contributed by atoms with Crippen molar-refractivity contribution < 1.29 is 32.5 Å². The average Bonchev–Trinajstić information content (AvgIpc) is 2.56. The summed E-state index contributed by atoms with van der Waals surface area (Å²) in [6, 6.07) is 7.91. The third kappa shape index (κ3) is 5.23. The van der Waals surface area contributed by atoms with E-state index in [-0.39, 0.29) is 17.4 Å². The van der Waals surface area contributed by atoms with Crippen LogP contribution in [0.25, 0.3) is 0 Å². The molecule has 8 heteroatoms. The number of aromatic nitrogens is 1. The minimum Gasteiger partial charge on any atom is -0.475 e. The molecule has 0 aliphatic carbocycles. The Bertz CT molecular complexity index is 753. The van der Waals surface area contributed by atoms with E-state index >= 15 is 0 Å². The fourth-order valence-electron chi connectivity index (χ4n) is 1.79. The number of carboxylic acids is 1. The summed E-state index contributed by atoms with van der Waals surface area (Å²) in [5, 5.41) is 8.99. The number of carbonyl (C=O) groups is 1. The Labute approximate surface area is 141 Å². The number of hydrogen-bond donors (Lipinski definition) is 1. The van der Waals surface area contributed by atoms with Crippen molar-refractivity contribution in [1.29, 1.82) is 0 Å². The first kappa shape index (κ1) is 18.3. The molecule has 0 radical (unpaired) electrons. The van der Waals surface area contributed by atoms with E-state index in [1.165, 1.54) is 30.3 Å². The SMILES string of the molecule is CCC=C(Oc1ccc(Oc2ccc(C(F)(F)F)cn2)cc1)C(=O)O. The molecule has 0 amide bonds. The van der Waals surface area contributed by atoms with Gasteiger partial charge in [-0.3, -0.25) is 0 Å². The average molecular weight is 353 g/mol. The van der Waals surface area contributed by atoms with Crippen molar-refractivity contribution >= 4 is 5.97 Å². The highest BCUT2D eigenvalue weighted by atomic mass is 19.4. The van der Waals surface area contributed by atoms with Crippen LogP contribution < -0.4 is 9.47 Å².